The zero-order valence-corrected chi connectivity index (χ0v) is 20.8. The monoisotopic (exact) mass is 542 g/mol. The number of hydrogen-bond acceptors (Lipinski definition) is 8. The lowest BCUT2D eigenvalue weighted by Crippen LogP contribution is -2.55. The molecule has 0 spiro atoms. The van der Waals surface area contributed by atoms with Crippen LogP contribution in [0.15, 0.2) is 36.4 Å². The van der Waals surface area contributed by atoms with E-state index in [4.69, 9.17) is 0 Å². The second-order valence-corrected chi connectivity index (χ2v) is 11.1. The van der Waals surface area contributed by atoms with Gasteiger partial charge in [0.2, 0.25) is 10.0 Å². The molecule has 1 fully saturated rings. The third kappa shape index (κ3) is 4.32. The van der Waals surface area contributed by atoms with Gasteiger partial charge in [-0.25, -0.2) is 12.8 Å². The molecule has 2 aromatic rings. The van der Waals surface area contributed by atoms with Crippen molar-refractivity contribution >= 4 is 45.2 Å². The number of benzene rings is 2. The number of fused-ring (bicyclic) bond motifs is 2. The van der Waals surface area contributed by atoms with Crippen molar-refractivity contribution in [3.8, 4) is 0 Å². The van der Waals surface area contributed by atoms with E-state index in [1.165, 1.54) is 18.2 Å². The average Bonchev–Trinajstić information content (AvgIpc) is 3.27. The van der Waals surface area contributed by atoms with Gasteiger partial charge in [0.1, 0.15) is 11.9 Å². The molecule has 3 aliphatic heterocycles. The molecule has 3 aliphatic rings. The summed E-state index contributed by atoms with van der Waals surface area (Å²) >= 11 is 0. The summed E-state index contributed by atoms with van der Waals surface area (Å²) in [5, 5.41) is 3.12. The highest BCUT2D eigenvalue weighted by molar-refractivity contribution is 7.90. The molecule has 11 nitrogen and oxygen atoms in total. The summed E-state index contributed by atoms with van der Waals surface area (Å²) in [5.41, 5.74) is 0.516. The number of hydrogen-bond donors (Lipinski definition) is 2. The number of unbranched alkanes of at least 4 members (excludes halogenated alkanes) is 2. The molecule has 1 unspecified atom stereocenters. The first-order valence-corrected chi connectivity index (χ1v) is 13.7. The Labute approximate surface area is 217 Å². The Bertz CT molecular complexity index is 1510. The van der Waals surface area contributed by atoms with Gasteiger partial charge in [-0.2, -0.15) is 0 Å². The molecule has 1 atom stereocenters. The van der Waals surface area contributed by atoms with Crippen LogP contribution in [0.3, 0.4) is 0 Å². The zero-order valence-electron chi connectivity index (χ0n) is 20.0. The van der Waals surface area contributed by atoms with E-state index in [2.05, 4.69) is 5.32 Å². The number of imide groups is 2. The van der Waals surface area contributed by atoms with Crippen molar-refractivity contribution in [3.63, 3.8) is 0 Å². The Balaban J connectivity index is 1.16. The smallest absolute Gasteiger partial charge is 0.264 e. The van der Waals surface area contributed by atoms with Crippen molar-refractivity contribution < 1.29 is 36.8 Å². The Morgan fingerprint density at radius 3 is 2.29 bits per heavy atom. The minimum atomic E-state index is -3.77. The molecule has 1 saturated heterocycles. The second kappa shape index (κ2) is 9.63. The first-order chi connectivity index (χ1) is 18.1. The maximum atomic E-state index is 14.0. The molecular weight excluding hydrogens is 519 g/mol. The quantitative estimate of drug-likeness (QED) is 0.377. The Hall–Kier alpha value is -4.13. The third-order valence-electron chi connectivity index (χ3n) is 6.80. The molecule has 0 bridgehead atoms. The third-order valence-corrected chi connectivity index (χ3v) is 8.08. The fourth-order valence-corrected chi connectivity index (χ4v) is 6.02. The van der Waals surface area contributed by atoms with Gasteiger partial charge in [-0.15, -0.1) is 0 Å². The van der Waals surface area contributed by atoms with E-state index in [0.717, 1.165) is 15.9 Å². The number of halogens is 1. The first kappa shape index (κ1) is 25.5. The molecule has 0 radical (unpaired) electrons. The molecule has 13 heteroatoms. The molecule has 2 N–H and O–H groups in total. The van der Waals surface area contributed by atoms with E-state index in [-0.39, 0.29) is 41.0 Å². The molecule has 3 heterocycles. The van der Waals surface area contributed by atoms with E-state index in [1.54, 1.807) is 12.1 Å². The molecule has 5 rings (SSSR count). The molecule has 0 aliphatic carbocycles. The van der Waals surface area contributed by atoms with Crippen LogP contribution >= 0.6 is 0 Å². The van der Waals surface area contributed by atoms with Crippen LogP contribution in [-0.4, -0.2) is 72.6 Å². The van der Waals surface area contributed by atoms with Crippen molar-refractivity contribution in [3.05, 3.63) is 64.5 Å². The van der Waals surface area contributed by atoms with Crippen LogP contribution in [0.4, 0.5) is 10.1 Å². The SMILES string of the molecule is O=C1NS(=O)(=O)CCC1N1C(=O)c2cccc(NCCCCCN3C(=O)c4cccc(F)c4C3=O)c2C1=O. The predicted molar refractivity (Wildman–Crippen MR) is 131 cm³/mol. The van der Waals surface area contributed by atoms with E-state index >= 15 is 0 Å². The van der Waals surface area contributed by atoms with Gasteiger partial charge in [-0.05, 0) is 49.9 Å². The standard InChI is InChI=1S/C25H23FN4O7S/c26-16-8-4-6-14-19(16)24(34)29(22(14)32)12-3-1-2-11-27-17-9-5-7-15-20(17)25(35)30(23(15)33)18-10-13-38(36,37)28-21(18)31/h4-9,18,27H,1-3,10-13H2,(H,28,31). The largest absolute Gasteiger partial charge is 0.384 e. The summed E-state index contributed by atoms with van der Waals surface area (Å²) in [4.78, 5) is 65.1. The van der Waals surface area contributed by atoms with E-state index < -0.39 is 51.4 Å². The van der Waals surface area contributed by atoms with Crippen LogP contribution in [0.5, 0.6) is 0 Å². The zero-order chi connectivity index (χ0) is 27.2. The number of anilines is 1. The van der Waals surface area contributed by atoms with Crippen LogP contribution in [0.1, 0.15) is 67.1 Å². The maximum Gasteiger partial charge on any atom is 0.264 e. The molecule has 2 aromatic carbocycles. The lowest BCUT2D eigenvalue weighted by atomic mass is 10.1. The van der Waals surface area contributed by atoms with Gasteiger partial charge in [0.05, 0.1) is 28.0 Å². The molecule has 0 aromatic heterocycles. The summed E-state index contributed by atoms with van der Waals surface area (Å²) in [6.07, 6.45) is 1.54. The van der Waals surface area contributed by atoms with Crippen molar-refractivity contribution in [1.29, 1.82) is 0 Å². The average molecular weight is 543 g/mol. The molecule has 5 amide bonds. The van der Waals surface area contributed by atoms with Gasteiger partial charge in [-0.1, -0.05) is 12.1 Å². The van der Waals surface area contributed by atoms with Crippen molar-refractivity contribution in [2.75, 3.05) is 24.2 Å². The van der Waals surface area contributed by atoms with Crippen molar-refractivity contribution in [2.24, 2.45) is 0 Å². The maximum absolute atomic E-state index is 14.0. The normalized spacial score (nSPS) is 20.0. The van der Waals surface area contributed by atoms with Crippen LogP contribution in [-0.2, 0) is 14.8 Å². The number of nitrogens with zero attached hydrogens (tertiary/aromatic N) is 2. The van der Waals surface area contributed by atoms with E-state index in [1.807, 2.05) is 4.72 Å². The highest BCUT2D eigenvalue weighted by Gasteiger charge is 2.46. The lowest BCUT2D eigenvalue weighted by Gasteiger charge is -2.28. The van der Waals surface area contributed by atoms with E-state index in [9.17, 15) is 36.8 Å². The van der Waals surface area contributed by atoms with Crippen LogP contribution in [0, 0.1) is 5.82 Å². The van der Waals surface area contributed by atoms with Crippen molar-refractivity contribution in [1.82, 2.24) is 14.5 Å². The number of rotatable bonds is 8. The van der Waals surface area contributed by atoms with Crippen LogP contribution < -0.4 is 10.0 Å². The fraction of sp³-hybridized carbons (Fsp3) is 0.320. The van der Waals surface area contributed by atoms with Gasteiger partial charge in [0.25, 0.3) is 29.5 Å². The summed E-state index contributed by atoms with van der Waals surface area (Å²) in [6, 6.07) is 7.45. The van der Waals surface area contributed by atoms with Gasteiger partial charge in [0, 0.05) is 18.8 Å². The lowest BCUT2D eigenvalue weighted by molar-refractivity contribution is -0.123. The minimum Gasteiger partial charge on any atom is -0.384 e. The summed E-state index contributed by atoms with van der Waals surface area (Å²) in [7, 11) is -3.77. The molecular formula is C25H23FN4O7S. The van der Waals surface area contributed by atoms with Gasteiger partial charge in [-0.3, -0.25) is 38.5 Å². The summed E-state index contributed by atoms with van der Waals surface area (Å²) in [5.74, 6) is -4.50. The highest BCUT2D eigenvalue weighted by atomic mass is 32.2. The second-order valence-electron chi connectivity index (χ2n) is 9.21. The number of carbonyl (C=O) groups is 5. The van der Waals surface area contributed by atoms with Crippen LogP contribution in [0.25, 0.3) is 0 Å². The van der Waals surface area contributed by atoms with Gasteiger partial charge >= 0.3 is 0 Å². The molecule has 198 valence electrons. The number of sulfonamides is 1. The highest BCUT2D eigenvalue weighted by Crippen LogP contribution is 2.32. The minimum absolute atomic E-state index is 0.0650. The first-order valence-electron chi connectivity index (χ1n) is 12.0. The van der Waals surface area contributed by atoms with E-state index in [0.29, 0.717) is 31.5 Å². The molecule has 0 saturated carbocycles. The summed E-state index contributed by atoms with van der Waals surface area (Å²) in [6.45, 7) is 0.560. The Morgan fingerprint density at radius 1 is 0.868 bits per heavy atom. The fourth-order valence-electron chi connectivity index (χ4n) is 4.94. The van der Waals surface area contributed by atoms with Crippen molar-refractivity contribution in [2.45, 2.75) is 31.7 Å². The van der Waals surface area contributed by atoms with Gasteiger partial charge < -0.3 is 5.32 Å². The number of nitrogens with one attached hydrogen (secondary N) is 2. The van der Waals surface area contributed by atoms with Gasteiger partial charge in [0.15, 0.2) is 0 Å². The number of carbonyl (C=O) groups excluding carboxylic acids is 5. The number of amides is 5. The molecule has 38 heavy (non-hydrogen) atoms. The predicted octanol–water partition coefficient (Wildman–Crippen LogP) is 1.52. The van der Waals surface area contributed by atoms with Crippen LogP contribution in [0.2, 0.25) is 0 Å². The Kier molecular flexibility index (Phi) is 6.47. The Morgan fingerprint density at radius 2 is 1.58 bits per heavy atom. The summed E-state index contributed by atoms with van der Waals surface area (Å²) < 4.78 is 39.1. The topological polar surface area (TPSA) is 150 Å².